The van der Waals surface area contributed by atoms with E-state index in [0.717, 1.165) is 0 Å². The lowest BCUT2D eigenvalue weighted by atomic mass is 9.86. The van der Waals surface area contributed by atoms with Crippen LogP contribution in [0.2, 0.25) is 0 Å². The zero-order valence-corrected chi connectivity index (χ0v) is 13.0. The zero-order valence-electron chi connectivity index (χ0n) is 13.0. The molecule has 1 aliphatic carbocycles. The van der Waals surface area contributed by atoms with Gasteiger partial charge in [-0.25, -0.2) is 4.98 Å². The van der Waals surface area contributed by atoms with E-state index < -0.39 is 0 Å². The lowest BCUT2D eigenvalue weighted by molar-refractivity contribution is 0.558. The second-order valence-electron chi connectivity index (χ2n) is 5.97. The SMILES string of the molecule is c1ccc2c(c1)ccc1c3c(ccc12)CCCC3.c1cocn1. The van der Waals surface area contributed by atoms with Crippen LogP contribution in [0.15, 0.2) is 71.8 Å². The molecule has 1 aromatic heterocycles. The molecule has 0 spiro atoms. The van der Waals surface area contributed by atoms with Crippen LogP contribution >= 0.6 is 0 Å². The molecule has 0 radical (unpaired) electrons. The van der Waals surface area contributed by atoms with E-state index in [1.165, 1.54) is 59.9 Å². The van der Waals surface area contributed by atoms with Gasteiger partial charge in [-0.15, -0.1) is 0 Å². The van der Waals surface area contributed by atoms with Crippen molar-refractivity contribution in [2.75, 3.05) is 0 Å². The topological polar surface area (TPSA) is 26.0 Å². The van der Waals surface area contributed by atoms with Gasteiger partial charge in [-0.3, -0.25) is 0 Å². The third-order valence-corrected chi connectivity index (χ3v) is 4.60. The normalized spacial score (nSPS) is 13.4. The molecule has 0 fully saturated rings. The Balaban J connectivity index is 0.000000233. The van der Waals surface area contributed by atoms with Crippen LogP contribution < -0.4 is 0 Å². The van der Waals surface area contributed by atoms with Crippen molar-refractivity contribution in [2.24, 2.45) is 0 Å². The number of fused-ring (bicyclic) bond motifs is 5. The number of oxazole rings is 1. The van der Waals surface area contributed by atoms with Crippen LogP contribution in [0.4, 0.5) is 0 Å². The minimum absolute atomic E-state index is 1.25. The Labute approximate surface area is 135 Å². The Morgan fingerprint density at radius 2 is 1.65 bits per heavy atom. The average Bonchev–Trinajstić information content (AvgIpc) is 3.21. The maximum Gasteiger partial charge on any atom is 0.180 e. The highest BCUT2D eigenvalue weighted by Gasteiger charge is 2.13. The number of hydrogen-bond donors (Lipinski definition) is 0. The van der Waals surface area contributed by atoms with E-state index in [2.05, 4.69) is 57.9 Å². The summed E-state index contributed by atoms with van der Waals surface area (Å²) in [7, 11) is 0. The molecule has 4 aromatic rings. The second-order valence-corrected chi connectivity index (χ2v) is 5.97. The summed E-state index contributed by atoms with van der Waals surface area (Å²) in [5.74, 6) is 0. The molecule has 0 saturated heterocycles. The fraction of sp³-hybridized carbons (Fsp3) is 0.190. The molecule has 1 heterocycles. The second kappa shape index (κ2) is 6.25. The minimum Gasteiger partial charge on any atom is -0.452 e. The summed E-state index contributed by atoms with van der Waals surface area (Å²) >= 11 is 0. The molecular formula is C21H19NO. The first-order valence-corrected chi connectivity index (χ1v) is 8.18. The van der Waals surface area contributed by atoms with Crippen LogP contribution in [0.5, 0.6) is 0 Å². The molecule has 0 N–H and O–H groups in total. The van der Waals surface area contributed by atoms with Crippen molar-refractivity contribution >= 4 is 21.5 Å². The third kappa shape index (κ3) is 2.72. The first-order chi connectivity index (χ1) is 11.4. The number of aryl methyl sites for hydroxylation is 2. The number of nitrogens with zero attached hydrogens (tertiary/aromatic N) is 1. The van der Waals surface area contributed by atoms with E-state index >= 15 is 0 Å². The molecular weight excluding hydrogens is 282 g/mol. The highest BCUT2D eigenvalue weighted by atomic mass is 16.3. The van der Waals surface area contributed by atoms with Gasteiger partial charge in [-0.1, -0.05) is 48.5 Å². The summed E-state index contributed by atoms with van der Waals surface area (Å²) in [6.45, 7) is 0. The molecule has 0 amide bonds. The predicted molar refractivity (Wildman–Crippen MR) is 94.6 cm³/mol. The molecule has 2 nitrogen and oxygen atoms in total. The number of aromatic nitrogens is 1. The average molecular weight is 301 g/mol. The molecule has 0 aliphatic heterocycles. The predicted octanol–water partition coefficient (Wildman–Crippen LogP) is 5.55. The Bertz CT molecular complexity index is 908. The van der Waals surface area contributed by atoms with Crippen molar-refractivity contribution in [1.82, 2.24) is 4.98 Å². The van der Waals surface area contributed by atoms with Gasteiger partial charge in [0.1, 0.15) is 6.26 Å². The highest BCUT2D eigenvalue weighted by molar-refractivity contribution is 6.08. The van der Waals surface area contributed by atoms with Gasteiger partial charge in [0.05, 0.1) is 6.20 Å². The summed E-state index contributed by atoms with van der Waals surface area (Å²) in [5.41, 5.74) is 3.17. The van der Waals surface area contributed by atoms with E-state index in [-0.39, 0.29) is 0 Å². The highest BCUT2D eigenvalue weighted by Crippen LogP contribution is 2.33. The van der Waals surface area contributed by atoms with Gasteiger partial charge in [0, 0.05) is 0 Å². The molecule has 0 bridgehead atoms. The lowest BCUT2D eigenvalue weighted by Crippen LogP contribution is -2.02. The quantitative estimate of drug-likeness (QED) is 0.398. The summed E-state index contributed by atoms with van der Waals surface area (Å²) in [5, 5.41) is 5.64. The molecule has 0 atom stereocenters. The molecule has 1 aliphatic rings. The number of hydrogen-bond acceptors (Lipinski definition) is 2. The Kier molecular flexibility index (Phi) is 3.81. The van der Waals surface area contributed by atoms with E-state index in [9.17, 15) is 0 Å². The summed E-state index contributed by atoms with van der Waals surface area (Å²) in [6.07, 6.45) is 9.69. The van der Waals surface area contributed by atoms with Gasteiger partial charge >= 0.3 is 0 Å². The van der Waals surface area contributed by atoms with Crippen molar-refractivity contribution in [1.29, 1.82) is 0 Å². The monoisotopic (exact) mass is 301 g/mol. The van der Waals surface area contributed by atoms with E-state index in [0.29, 0.717) is 0 Å². The van der Waals surface area contributed by atoms with Crippen LogP contribution in [-0.4, -0.2) is 4.98 Å². The molecule has 0 saturated carbocycles. The maximum atomic E-state index is 4.47. The largest absolute Gasteiger partial charge is 0.452 e. The summed E-state index contributed by atoms with van der Waals surface area (Å²) in [4.78, 5) is 3.56. The Morgan fingerprint density at radius 1 is 0.783 bits per heavy atom. The van der Waals surface area contributed by atoms with Gasteiger partial charge in [0.2, 0.25) is 0 Å². The van der Waals surface area contributed by atoms with Gasteiger partial charge in [-0.2, -0.15) is 0 Å². The van der Waals surface area contributed by atoms with Gasteiger partial charge in [-0.05, 0) is 58.4 Å². The fourth-order valence-corrected chi connectivity index (χ4v) is 3.52. The minimum atomic E-state index is 1.25. The zero-order chi connectivity index (χ0) is 15.5. The molecule has 2 heteroatoms. The van der Waals surface area contributed by atoms with Gasteiger partial charge in [0.25, 0.3) is 0 Å². The maximum absolute atomic E-state index is 4.47. The van der Waals surface area contributed by atoms with Gasteiger partial charge < -0.3 is 4.42 Å². The van der Waals surface area contributed by atoms with Gasteiger partial charge in [0.15, 0.2) is 6.39 Å². The van der Waals surface area contributed by atoms with E-state index in [1.54, 1.807) is 17.3 Å². The Hall–Kier alpha value is -2.61. The van der Waals surface area contributed by atoms with Crippen LogP contribution in [0, 0.1) is 0 Å². The lowest BCUT2D eigenvalue weighted by Gasteiger charge is -2.18. The van der Waals surface area contributed by atoms with Crippen LogP contribution in [0.25, 0.3) is 21.5 Å². The van der Waals surface area contributed by atoms with Crippen molar-refractivity contribution < 1.29 is 4.42 Å². The molecule has 0 unspecified atom stereocenters. The smallest absolute Gasteiger partial charge is 0.180 e. The van der Waals surface area contributed by atoms with E-state index in [1.807, 2.05) is 0 Å². The summed E-state index contributed by atoms with van der Waals surface area (Å²) in [6, 6.07) is 18.0. The van der Waals surface area contributed by atoms with Crippen LogP contribution in [-0.2, 0) is 12.8 Å². The standard InChI is InChI=1S/C18H16.C3H3NO/c1-3-7-15-13(5-1)9-11-18-16-8-4-2-6-14(16)10-12-17(15)18;1-2-5-3-4-1/h1,3,5,7,9-12H,2,4,6,8H2;1-3H. The Morgan fingerprint density at radius 3 is 2.48 bits per heavy atom. The van der Waals surface area contributed by atoms with E-state index in [4.69, 9.17) is 0 Å². The first-order valence-electron chi connectivity index (χ1n) is 8.18. The number of benzene rings is 3. The third-order valence-electron chi connectivity index (χ3n) is 4.60. The van der Waals surface area contributed by atoms with Crippen LogP contribution in [0.1, 0.15) is 24.0 Å². The van der Waals surface area contributed by atoms with Crippen molar-refractivity contribution in [3.63, 3.8) is 0 Å². The first kappa shape index (κ1) is 14.0. The van der Waals surface area contributed by atoms with Crippen molar-refractivity contribution in [2.45, 2.75) is 25.7 Å². The number of rotatable bonds is 0. The van der Waals surface area contributed by atoms with Crippen LogP contribution in [0.3, 0.4) is 0 Å². The van der Waals surface area contributed by atoms with Crippen molar-refractivity contribution in [3.8, 4) is 0 Å². The summed E-state index contributed by atoms with van der Waals surface area (Å²) < 4.78 is 4.47. The molecule has 114 valence electrons. The molecule has 23 heavy (non-hydrogen) atoms. The van der Waals surface area contributed by atoms with Crippen molar-refractivity contribution in [3.05, 3.63) is 78.5 Å². The fourth-order valence-electron chi connectivity index (χ4n) is 3.52. The molecule has 3 aromatic carbocycles. The molecule has 5 rings (SSSR count).